The summed E-state index contributed by atoms with van der Waals surface area (Å²) in [5.74, 6) is 0. The topological polar surface area (TPSA) is 30.7 Å². The molecule has 0 aromatic rings. The standard InChI is InChI=1S/C8H20N2O/c1-4-9(5-2)7-8-10(11)6-3/h10H,4-8H2,1-3H3. The van der Waals surface area contributed by atoms with Gasteiger partial charge in [-0.1, -0.05) is 13.8 Å². The van der Waals surface area contributed by atoms with E-state index in [2.05, 4.69) is 18.7 Å². The Kier molecular flexibility index (Phi) is 6.51. The molecule has 68 valence electrons. The van der Waals surface area contributed by atoms with Crippen LogP contribution in [-0.2, 0) is 0 Å². The van der Waals surface area contributed by atoms with Crippen LogP contribution in [-0.4, -0.2) is 37.6 Å². The summed E-state index contributed by atoms with van der Waals surface area (Å²) in [5, 5.41) is 11.3. The minimum absolute atomic E-state index is 0.372. The molecule has 0 saturated carbocycles. The van der Waals surface area contributed by atoms with Crippen molar-refractivity contribution in [1.82, 2.24) is 4.90 Å². The highest BCUT2D eigenvalue weighted by Gasteiger charge is 2.00. The van der Waals surface area contributed by atoms with Gasteiger partial charge in [0.15, 0.2) is 0 Å². The molecule has 0 fully saturated rings. The van der Waals surface area contributed by atoms with E-state index in [0.717, 1.165) is 26.2 Å². The molecule has 0 aromatic heterocycles. The predicted octanol–water partition coefficient (Wildman–Crippen LogP) is -0.269. The highest BCUT2D eigenvalue weighted by atomic mass is 16.5. The Labute approximate surface area is 69.6 Å². The van der Waals surface area contributed by atoms with Crippen LogP contribution < -0.4 is 5.06 Å². The van der Waals surface area contributed by atoms with Crippen LogP contribution in [0.1, 0.15) is 20.8 Å². The van der Waals surface area contributed by atoms with Crippen molar-refractivity contribution in [2.75, 3.05) is 32.7 Å². The van der Waals surface area contributed by atoms with Crippen molar-refractivity contribution < 1.29 is 5.06 Å². The van der Waals surface area contributed by atoms with E-state index < -0.39 is 0 Å². The van der Waals surface area contributed by atoms with Crippen LogP contribution in [0.5, 0.6) is 0 Å². The fourth-order valence-corrected chi connectivity index (χ4v) is 0.999. The summed E-state index contributed by atoms with van der Waals surface area (Å²) in [7, 11) is 0. The van der Waals surface area contributed by atoms with Crippen molar-refractivity contribution in [3.05, 3.63) is 5.21 Å². The average Bonchev–Trinajstić information content (AvgIpc) is 2.06. The molecule has 0 bridgehead atoms. The SMILES string of the molecule is CCN(CC)CC[NH+]([O-])CC. The van der Waals surface area contributed by atoms with Gasteiger partial charge in [0.1, 0.15) is 0 Å². The maximum atomic E-state index is 10.9. The van der Waals surface area contributed by atoms with Crippen molar-refractivity contribution in [2.45, 2.75) is 20.8 Å². The van der Waals surface area contributed by atoms with Crippen LogP contribution in [0.2, 0.25) is 0 Å². The second-order valence-electron chi connectivity index (χ2n) is 2.67. The van der Waals surface area contributed by atoms with Gasteiger partial charge in [-0.3, -0.25) is 4.90 Å². The van der Waals surface area contributed by atoms with Gasteiger partial charge in [-0.2, -0.15) is 0 Å². The Morgan fingerprint density at radius 1 is 1.18 bits per heavy atom. The Hall–Kier alpha value is -0.120. The third-order valence-electron chi connectivity index (χ3n) is 2.00. The summed E-state index contributed by atoms with van der Waals surface area (Å²) in [4.78, 5) is 2.27. The first-order valence-corrected chi connectivity index (χ1v) is 4.48. The molecule has 1 atom stereocenters. The number of hydrogen-bond acceptors (Lipinski definition) is 2. The van der Waals surface area contributed by atoms with Crippen LogP contribution in [0, 0.1) is 5.21 Å². The molecule has 3 nitrogen and oxygen atoms in total. The summed E-state index contributed by atoms with van der Waals surface area (Å²) in [6.45, 7) is 10.6. The summed E-state index contributed by atoms with van der Waals surface area (Å²) >= 11 is 0. The van der Waals surface area contributed by atoms with E-state index in [0.29, 0.717) is 11.6 Å². The summed E-state index contributed by atoms with van der Waals surface area (Å²) in [6, 6.07) is 0. The van der Waals surface area contributed by atoms with Gasteiger partial charge in [-0.25, -0.2) is 0 Å². The predicted molar refractivity (Wildman–Crippen MR) is 47.5 cm³/mol. The number of likely N-dealkylation sites (N-methyl/N-ethyl adjacent to an activating group) is 2. The molecule has 0 aromatic carbocycles. The summed E-state index contributed by atoms with van der Waals surface area (Å²) in [6.07, 6.45) is 0. The maximum absolute atomic E-state index is 10.9. The quantitative estimate of drug-likeness (QED) is 0.542. The molecule has 0 aliphatic heterocycles. The number of rotatable bonds is 6. The van der Waals surface area contributed by atoms with Gasteiger partial charge in [-0.05, 0) is 20.0 Å². The van der Waals surface area contributed by atoms with Crippen molar-refractivity contribution in [3.8, 4) is 0 Å². The molecule has 0 saturated heterocycles. The third kappa shape index (κ3) is 5.18. The van der Waals surface area contributed by atoms with E-state index in [1.165, 1.54) is 0 Å². The van der Waals surface area contributed by atoms with Gasteiger partial charge in [0.05, 0.1) is 13.1 Å². The second-order valence-corrected chi connectivity index (χ2v) is 2.67. The normalized spacial score (nSPS) is 13.9. The van der Waals surface area contributed by atoms with Crippen LogP contribution >= 0.6 is 0 Å². The van der Waals surface area contributed by atoms with E-state index in [4.69, 9.17) is 0 Å². The highest BCUT2D eigenvalue weighted by Crippen LogP contribution is 1.82. The average molecular weight is 160 g/mol. The van der Waals surface area contributed by atoms with E-state index in [-0.39, 0.29) is 0 Å². The Morgan fingerprint density at radius 3 is 2.09 bits per heavy atom. The van der Waals surface area contributed by atoms with Crippen LogP contribution in [0.25, 0.3) is 0 Å². The molecule has 0 rings (SSSR count). The molecule has 3 heteroatoms. The molecule has 1 unspecified atom stereocenters. The van der Waals surface area contributed by atoms with Crippen LogP contribution in [0.15, 0.2) is 0 Å². The molecule has 0 spiro atoms. The second kappa shape index (κ2) is 6.58. The van der Waals surface area contributed by atoms with Crippen molar-refractivity contribution in [3.63, 3.8) is 0 Å². The van der Waals surface area contributed by atoms with Gasteiger partial charge in [-0.15, -0.1) is 0 Å². The highest BCUT2D eigenvalue weighted by molar-refractivity contribution is 4.49. The van der Waals surface area contributed by atoms with Gasteiger partial charge >= 0.3 is 0 Å². The first-order chi connectivity index (χ1) is 5.24. The number of hydroxylamine groups is 2. The van der Waals surface area contributed by atoms with E-state index in [1.807, 2.05) is 6.92 Å². The molecule has 1 N–H and O–H groups in total. The molecule has 0 radical (unpaired) electrons. The Morgan fingerprint density at radius 2 is 1.73 bits per heavy atom. The van der Waals surface area contributed by atoms with Crippen molar-refractivity contribution in [1.29, 1.82) is 0 Å². The third-order valence-corrected chi connectivity index (χ3v) is 2.00. The minimum Gasteiger partial charge on any atom is -0.634 e. The molecule has 0 aliphatic carbocycles. The zero-order chi connectivity index (χ0) is 8.69. The largest absolute Gasteiger partial charge is 0.634 e. The van der Waals surface area contributed by atoms with Crippen molar-refractivity contribution >= 4 is 0 Å². The van der Waals surface area contributed by atoms with E-state index in [9.17, 15) is 5.21 Å². The fraction of sp³-hybridized carbons (Fsp3) is 1.00. The Bertz CT molecular complexity index is 84.2. The van der Waals surface area contributed by atoms with Gasteiger partial charge in [0.25, 0.3) is 0 Å². The number of nitrogens with one attached hydrogen (secondary N) is 1. The van der Waals surface area contributed by atoms with Gasteiger partial charge < -0.3 is 10.3 Å². The minimum atomic E-state index is 0.372. The lowest BCUT2D eigenvalue weighted by atomic mass is 10.4. The van der Waals surface area contributed by atoms with E-state index >= 15 is 0 Å². The molecule has 0 amide bonds. The van der Waals surface area contributed by atoms with Gasteiger partial charge in [0, 0.05) is 6.54 Å². The molecule has 11 heavy (non-hydrogen) atoms. The van der Waals surface area contributed by atoms with Gasteiger partial charge in [0.2, 0.25) is 0 Å². The lowest BCUT2D eigenvalue weighted by Crippen LogP contribution is -3.07. The zero-order valence-corrected chi connectivity index (χ0v) is 7.89. The number of nitrogens with zero attached hydrogens (tertiary/aromatic N) is 1. The smallest absolute Gasteiger partial charge is 0.0897 e. The monoisotopic (exact) mass is 160 g/mol. The molecule has 0 aliphatic rings. The summed E-state index contributed by atoms with van der Waals surface area (Å²) < 4.78 is 0. The van der Waals surface area contributed by atoms with Crippen LogP contribution in [0.4, 0.5) is 0 Å². The van der Waals surface area contributed by atoms with E-state index in [1.54, 1.807) is 0 Å². The first-order valence-electron chi connectivity index (χ1n) is 4.48. The number of quaternary nitrogens is 1. The summed E-state index contributed by atoms with van der Waals surface area (Å²) in [5.41, 5.74) is 0. The molecular formula is C8H20N2O. The lowest BCUT2D eigenvalue weighted by molar-refractivity contribution is -0.845. The Balaban J connectivity index is 3.34. The number of hydrogen-bond donors (Lipinski definition) is 1. The van der Waals surface area contributed by atoms with Crippen LogP contribution in [0.3, 0.4) is 0 Å². The molecule has 0 heterocycles. The lowest BCUT2D eigenvalue weighted by Gasteiger charge is -2.24. The maximum Gasteiger partial charge on any atom is 0.0897 e. The fourth-order valence-electron chi connectivity index (χ4n) is 0.999. The molecular weight excluding hydrogens is 140 g/mol. The first kappa shape index (κ1) is 10.9. The van der Waals surface area contributed by atoms with Crippen molar-refractivity contribution in [2.24, 2.45) is 0 Å². The zero-order valence-electron chi connectivity index (χ0n) is 7.89.